The van der Waals surface area contributed by atoms with Crippen molar-refractivity contribution in [1.29, 1.82) is 0 Å². The van der Waals surface area contributed by atoms with E-state index in [1.807, 2.05) is 11.4 Å². The van der Waals surface area contributed by atoms with Gasteiger partial charge in [0.2, 0.25) is 5.13 Å². The van der Waals surface area contributed by atoms with Crippen molar-refractivity contribution >= 4 is 51.2 Å². The molecule has 0 atom stereocenters. The molecule has 7 nitrogen and oxygen atoms in total. The Labute approximate surface area is 142 Å². The molecule has 1 heterocycles. The standard InChI is InChI=1S/C13H15N5O2S.BrH/c1-2-18(13(19)20)9-5-3-4-8(6-9)10-7-21-12(16-10)17-11(14)15;/h3-7H,2H2,1H3,(H,19,20)(H4,14,15,16,17);1H. The smallest absolute Gasteiger partial charge is 0.411 e. The molecule has 0 saturated heterocycles. The van der Waals surface area contributed by atoms with Crippen molar-refractivity contribution in [3.8, 4) is 11.3 Å². The molecule has 0 bridgehead atoms. The van der Waals surface area contributed by atoms with E-state index in [2.05, 4.69) is 9.98 Å². The van der Waals surface area contributed by atoms with Crippen molar-refractivity contribution in [2.24, 2.45) is 16.5 Å². The zero-order valence-corrected chi connectivity index (χ0v) is 14.3. The summed E-state index contributed by atoms with van der Waals surface area (Å²) in [6, 6.07) is 7.15. The van der Waals surface area contributed by atoms with Crippen LogP contribution in [0.3, 0.4) is 0 Å². The predicted octanol–water partition coefficient (Wildman–Crippen LogP) is 2.80. The van der Waals surface area contributed by atoms with Gasteiger partial charge in [-0.25, -0.2) is 9.78 Å². The number of rotatable bonds is 4. The average Bonchev–Trinajstić information content (AvgIpc) is 2.87. The summed E-state index contributed by atoms with van der Waals surface area (Å²) in [7, 11) is 0. The van der Waals surface area contributed by atoms with E-state index >= 15 is 0 Å². The molecule has 22 heavy (non-hydrogen) atoms. The zero-order chi connectivity index (χ0) is 15.4. The van der Waals surface area contributed by atoms with E-state index in [-0.39, 0.29) is 22.9 Å². The average molecular weight is 386 g/mol. The third-order valence-corrected chi connectivity index (χ3v) is 3.45. The molecule has 1 amide bonds. The summed E-state index contributed by atoms with van der Waals surface area (Å²) >= 11 is 1.31. The highest BCUT2D eigenvalue weighted by atomic mass is 79.9. The number of nitrogens with zero attached hydrogens (tertiary/aromatic N) is 3. The van der Waals surface area contributed by atoms with Gasteiger partial charge in [0.05, 0.1) is 5.69 Å². The minimum atomic E-state index is -0.992. The normalized spacial score (nSPS) is 9.68. The molecule has 1 aromatic heterocycles. The first-order valence-corrected chi connectivity index (χ1v) is 7.05. The van der Waals surface area contributed by atoms with E-state index in [0.29, 0.717) is 23.1 Å². The first kappa shape index (κ1) is 17.9. The number of hydrogen-bond donors (Lipinski definition) is 3. The Bertz CT molecular complexity index is 685. The maximum absolute atomic E-state index is 11.2. The number of anilines is 1. The van der Waals surface area contributed by atoms with Gasteiger partial charge in [0.1, 0.15) is 0 Å². The number of halogens is 1. The lowest BCUT2D eigenvalue weighted by Gasteiger charge is -2.17. The summed E-state index contributed by atoms with van der Waals surface area (Å²) in [4.78, 5) is 20.6. The van der Waals surface area contributed by atoms with Gasteiger partial charge >= 0.3 is 6.09 Å². The minimum Gasteiger partial charge on any atom is -0.465 e. The minimum absolute atomic E-state index is 0. The largest absolute Gasteiger partial charge is 0.465 e. The number of carbonyl (C=O) groups is 1. The molecule has 0 fully saturated rings. The number of carboxylic acid groups (broad SMARTS) is 1. The van der Waals surface area contributed by atoms with Crippen molar-refractivity contribution < 1.29 is 9.90 Å². The Hall–Kier alpha value is -2.13. The second-order valence-corrected chi connectivity index (χ2v) is 4.97. The van der Waals surface area contributed by atoms with Crippen molar-refractivity contribution in [2.75, 3.05) is 11.4 Å². The predicted molar refractivity (Wildman–Crippen MR) is 94.4 cm³/mol. The number of nitrogens with two attached hydrogens (primary N) is 2. The lowest BCUT2D eigenvalue weighted by molar-refractivity contribution is 0.202. The Morgan fingerprint density at radius 3 is 2.77 bits per heavy atom. The summed E-state index contributed by atoms with van der Waals surface area (Å²) in [5.41, 5.74) is 12.7. The Morgan fingerprint density at radius 1 is 1.45 bits per heavy atom. The monoisotopic (exact) mass is 385 g/mol. The molecule has 2 rings (SSSR count). The summed E-state index contributed by atoms with van der Waals surface area (Å²) in [5.74, 6) is -0.0484. The fourth-order valence-electron chi connectivity index (χ4n) is 1.82. The van der Waals surface area contributed by atoms with Crippen molar-refractivity contribution in [1.82, 2.24) is 4.98 Å². The third kappa shape index (κ3) is 4.18. The van der Waals surface area contributed by atoms with Crippen LogP contribution in [0, 0.1) is 0 Å². The van der Waals surface area contributed by atoms with Crippen LogP contribution in [-0.4, -0.2) is 28.7 Å². The molecular weight excluding hydrogens is 370 g/mol. The molecule has 0 saturated carbocycles. The van der Waals surface area contributed by atoms with Gasteiger partial charge in [-0.15, -0.1) is 28.3 Å². The summed E-state index contributed by atoms with van der Waals surface area (Å²) in [5, 5.41) is 11.4. The van der Waals surface area contributed by atoms with Crippen LogP contribution in [0.2, 0.25) is 0 Å². The fourth-order valence-corrected chi connectivity index (χ4v) is 2.54. The number of guanidine groups is 1. The quantitative estimate of drug-likeness (QED) is 0.552. The Balaban J connectivity index is 0.00000242. The summed E-state index contributed by atoms with van der Waals surface area (Å²) in [6.07, 6.45) is -0.992. The SMILES string of the molecule is Br.CCN(C(=O)O)c1cccc(-c2csc(N=C(N)N)n2)c1. The van der Waals surface area contributed by atoms with Crippen molar-refractivity contribution in [3.63, 3.8) is 0 Å². The fraction of sp³-hybridized carbons (Fsp3) is 0.154. The highest BCUT2D eigenvalue weighted by Gasteiger charge is 2.13. The van der Waals surface area contributed by atoms with Crippen LogP contribution in [-0.2, 0) is 0 Å². The van der Waals surface area contributed by atoms with Crippen LogP contribution in [0.1, 0.15) is 6.92 Å². The van der Waals surface area contributed by atoms with Gasteiger partial charge in [0, 0.05) is 23.2 Å². The Kier molecular flexibility index (Phi) is 6.32. The number of aromatic nitrogens is 1. The van der Waals surface area contributed by atoms with Crippen LogP contribution in [0.5, 0.6) is 0 Å². The number of hydrogen-bond acceptors (Lipinski definition) is 4. The lowest BCUT2D eigenvalue weighted by Crippen LogP contribution is -2.28. The van der Waals surface area contributed by atoms with E-state index in [1.165, 1.54) is 16.2 Å². The molecular formula is C13H16BrN5O2S. The van der Waals surface area contributed by atoms with E-state index in [4.69, 9.17) is 16.6 Å². The maximum atomic E-state index is 11.2. The number of benzene rings is 1. The highest BCUT2D eigenvalue weighted by Crippen LogP contribution is 2.29. The van der Waals surface area contributed by atoms with Gasteiger partial charge in [0.25, 0.3) is 0 Å². The van der Waals surface area contributed by atoms with E-state index in [1.54, 1.807) is 25.1 Å². The van der Waals surface area contributed by atoms with Crippen LogP contribution in [0.15, 0.2) is 34.6 Å². The Morgan fingerprint density at radius 2 is 2.18 bits per heavy atom. The maximum Gasteiger partial charge on any atom is 0.411 e. The topological polar surface area (TPSA) is 118 Å². The van der Waals surface area contributed by atoms with Crippen LogP contribution in [0.25, 0.3) is 11.3 Å². The molecule has 0 radical (unpaired) electrons. The number of thiazole rings is 1. The van der Waals surface area contributed by atoms with Crippen LogP contribution >= 0.6 is 28.3 Å². The summed E-state index contributed by atoms with van der Waals surface area (Å²) in [6.45, 7) is 2.15. The van der Waals surface area contributed by atoms with Gasteiger partial charge in [-0.2, -0.15) is 4.99 Å². The zero-order valence-electron chi connectivity index (χ0n) is 11.8. The van der Waals surface area contributed by atoms with E-state index in [0.717, 1.165) is 5.56 Å². The highest BCUT2D eigenvalue weighted by molar-refractivity contribution is 8.93. The molecule has 118 valence electrons. The van der Waals surface area contributed by atoms with Gasteiger partial charge in [-0.3, -0.25) is 4.90 Å². The number of amides is 1. The molecule has 1 aromatic carbocycles. The van der Waals surface area contributed by atoms with Crippen molar-refractivity contribution in [2.45, 2.75) is 6.92 Å². The van der Waals surface area contributed by atoms with E-state index < -0.39 is 6.09 Å². The number of aliphatic imine (C=N–C) groups is 1. The van der Waals surface area contributed by atoms with Crippen molar-refractivity contribution in [3.05, 3.63) is 29.6 Å². The van der Waals surface area contributed by atoms with Crippen LogP contribution < -0.4 is 16.4 Å². The molecule has 0 aliphatic carbocycles. The summed E-state index contributed by atoms with van der Waals surface area (Å²) < 4.78 is 0. The molecule has 0 aliphatic heterocycles. The molecule has 2 aromatic rings. The molecule has 0 spiro atoms. The first-order chi connectivity index (χ1) is 10.0. The molecule has 0 unspecified atom stereocenters. The third-order valence-electron chi connectivity index (χ3n) is 2.72. The van der Waals surface area contributed by atoms with E-state index in [9.17, 15) is 4.79 Å². The molecule has 5 N–H and O–H groups in total. The van der Waals surface area contributed by atoms with Crippen LogP contribution in [0.4, 0.5) is 15.6 Å². The van der Waals surface area contributed by atoms with Gasteiger partial charge in [0.15, 0.2) is 5.96 Å². The second-order valence-electron chi connectivity index (χ2n) is 4.13. The van der Waals surface area contributed by atoms with Gasteiger partial charge in [-0.05, 0) is 19.1 Å². The second kappa shape index (κ2) is 7.76. The lowest BCUT2D eigenvalue weighted by atomic mass is 10.1. The molecule has 9 heteroatoms. The van der Waals surface area contributed by atoms with Gasteiger partial charge < -0.3 is 16.6 Å². The van der Waals surface area contributed by atoms with Gasteiger partial charge in [-0.1, -0.05) is 12.1 Å². The molecule has 0 aliphatic rings. The first-order valence-electron chi connectivity index (χ1n) is 6.17.